The summed E-state index contributed by atoms with van der Waals surface area (Å²) in [5.41, 5.74) is 0. The standard InChI is InChI=1S/C12H21BCl4N2O4/c1-7(2)5-9(18(14)15)11(20)22-13-23-12(21)10(19(16)17)6-8(3)4/h7-10,13H,5-6H2,1-4H3/t9-,10-/m0/s1. The lowest BCUT2D eigenvalue weighted by Crippen LogP contribution is -2.37. The number of carbonyl (C=O) groups is 2. The van der Waals surface area contributed by atoms with E-state index in [4.69, 9.17) is 56.4 Å². The third-order valence-electron chi connectivity index (χ3n) is 2.81. The average molecular weight is 410 g/mol. The fourth-order valence-corrected chi connectivity index (χ4v) is 2.38. The van der Waals surface area contributed by atoms with E-state index in [0.29, 0.717) is 12.8 Å². The van der Waals surface area contributed by atoms with E-state index in [1.54, 1.807) is 0 Å². The molecule has 134 valence electrons. The van der Waals surface area contributed by atoms with Crippen LogP contribution in [-0.2, 0) is 18.9 Å². The predicted molar refractivity (Wildman–Crippen MR) is 92.9 cm³/mol. The van der Waals surface area contributed by atoms with Gasteiger partial charge in [0.25, 0.3) is 0 Å². The predicted octanol–water partition coefficient (Wildman–Crippen LogP) is 3.39. The van der Waals surface area contributed by atoms with Gasteiger partial charge in [0, 0.05) is 0 Å². The van der Waals surface area contributed by atoms with E-state index in [1.165, 1.54) is 0 Å². The SMILES string of the molecule is CC(C)C[C@@H](C(=O)OBOC(=O)[C@H](CC(C)C)N(Cl)Cl)N(Cl)Cl. The summed E-state index contributed by atoms with van der Waals surface area (Å²) in [7, 11) is -0.565. The molecule has 0 rings (SSSR count). The van der Waals surface area contributed by atoms with Gasteiger partial charge >= 0.3 is 19.6 Å². The van der Waals surface area contributed by atoms with Crippen LogP contribution >= 0.6 is 47.1 Å². The molecular weight excluding hydrogens is 389 g/mol. The van der Waals surface area contributed by atoms with Crippen LogP contribution in [-0.4, -0.2) is 39.6 Å². The van der Waals surface area contributed by atoms with Crippen molar-refractivity contribution in [2.45, 2.75) is 52.6 Å². The number of nitrogens with zero attached hydrogens (tertiary/aromatic N) is 2. The topological polar surface area (TPSA) is 59.1 Å². The summed E-state index contributed by atoms with van der Waals surface area (Å²) in [4.78, 5) is 23.8. The molecule has 0 heterocycles. The third-order valence-corrected chi connectivity index (χ3v) is 3.75. The Balaban J connectivity index is 4.45. The van der Waals surface area contributed by atoms with E-state index in [9.17, 15) is 9.59 Å². The van der Waals surface area contributed by atoms with E-state index >= 15 is 0 Å². The Morgan fingerprint density at radius 1 is 0.826 bits per heavy atom. The van der Waals surface area contributed by atoms with E-state index in [0.717, 1.165) is 7.88 Å². The molecule has 6 nitrogen and oxygen atoms in total. The molecule has 0 aromatic rings. The smallest absolute Gasteiger partial charge is 0.501 e. The van der Waals surface area contributed by atoms with Crippen LogP contribution in [0.2, 0.25) is 0 Å². The lowest BCUT2D eigenvalue weighted by molar-refractivity contribution is -0.143. The maximum absolute atomic E-state index is 11.9. The number of halogens is 4. The molecule has 0 bridgehead atoms. The van der Waals surface area contributed by atoms with Gasteiger partial charge in [0.1, 0.15) is 12.1 Å². The zero-order valence-corrected chi connectivity index (χ0v) is 16.5. The quantitative estimate of drug-likeness (QED) is 0.407. The molecule has 0 saturated heterocycles. The van der Waals surface area contributed by atoms with Crippen LogP contribution in [0.4, 0.5) is 0 Å². The van der Waals surface area contributed by atoms with Crippen molar-refractivity contribution in [3.05, 3.63) is 0 Å². The minimum atomic E-state index is -0.846. The Kier molecular flexibility index (Phi) is 11.6. The molecule has 11 heteroatoms. The van der Waals surface area contributed by atoms with Crippen molar-refractivity contribution in [1.29, 1.82) is 0 Å². The van der Waals surface area contributed by atoms with Crippen molar-refractivity contribution in [2.75, 3.05) is 0 Å². The van der Waals surface area contributed by atoms with Crippen LogP contribution in [0, 0.1) is 11.8 Å². The molecule has 0 radical (unpaired) electrons. The number of carbonyl (C=O) groups excluding carboxylic acids is 2. The van der Waals surface area contributed by atoms with Gasteiger partial charge in [0.05, 0.1) is 0 Å². The van der Waals surface area contributed by atoms with Crippen molar-refractivity contribution in [3.8, 4) is 0 Å². The number of hydrogen-bond acceptors (Lipinski definition) is 6. The third kappa shape index (κ3) is 9.84. The molecule has 23 heavy (non-hydrogen) atoms. The highest BCUT2D eigenvalue weighted by Gasteiger charge is 2.30. The molecule has 0 amide bonds. The first-order valence-electron chi connectivity index (χ1n) is 7.11. The number of hydrogen-bond donors (Lipinski definition) is 0. The molecule has 0 spiro atoms. The summed E-state index contributed by atoms with van der Waals surface area (Å²) < 4.78 is 11.2. The number of rotatable bonds is 10. The molecule has 0 aliphatic heterocycles. The van der Waals surface area contributed by atoms with E-state index < -0.39 is 31.7 Å². The summed E-state index contributed by atoms with van der Waals surface area (Å²) in [5.74, 6) is -1.03. The molecule has 2 atom stereocenters. The van der Waals surface area contributed by atoms with Crippen LogP contribution in [0.15, 0.2) is 0 Å². The Hall–Kier alpha value is 0.0849. The maximum atomic E-state index is 11.9. The van der Waals surface area contributed by atoms with Crippen molar-refractivity contribution in [2.24, 2.45) is 11.8 Å². The second-order valence-electron chi connectivity index (χ2n) is 5.85. The fraction of sp³-hybridized carbons (Fsp3) is 0.833. The molecule has 0 aromatic heterocycles. The minimum Gasteiger partial charge on any atom is -0.501 e. The second-order valence-corrected chi connectivity index (χ2v) is 7.66. The lowest BCUT2D eigenvalue weighted by atomic mass is 10.0. The van der Waals surface area contributed by atoms with Gasteiger partial charge in [0.2, 0.25) is 0 Å². The average Bonchev–Trinajstić information content (AvgIpc) is 2.40. The van der Waals surface area contributed by atoms with Crippen LogP contribution < -0.4 is 0 Å². The Morgan fingerprint density at radius 3 is 1.35 bits per heavy atom. The van der Waals surface area contributed by atoms with Gasteiger partial charge in [-0.3, -0.25) is 9.59 Å². The lowest BCUT2D eigenvalue weighted by Gasteiger charge is -2.21. The first kappa shape index (κ1) is 23.1. The molecule has 0 unspecified atom stereocenters. The van der Waals surface area contributed by atoms with E-state index in [2.05, 4.69) is 0 Å². The minimum absolute atomic E-state index is 0.173. The van der Waals surface area contributed by atoms with Gasteiger partial charge in [-0.2, -0.15) is 0 Å². The van der Waals surface area contributed by atoms with Gasteiger partial charge in [-0.15, -0.1) is 7.88 Å². The molecule has 0 aliphatic carbocycles. The van der Waals surface area contributed by atoms with Gasteiger partial charge in [-0.1, -0.05) is 27.7 Å². The highest BCUT2D eigenvalue weighted by atomic mass is 35.5. The Morgan fingerprint density at radius 2 is 1.13 bits per heavy atom. The van der Waals surface area contributed by atoms with Gasteiger partial charge in [-0.25, -0.2) is 0 Å². The summed E-state index contributed by atoms with van der Waals surface area (Å²) in [5, 5.41) is 0. The van der Waals surface area contributed by atoms with Crippen molar-refractivity contribution < 1.29 is 18.9 Å². The zero-order valence-electron chi connectivity index (χ0n) is 13.5. The molecule has 0 aliphatic rings. The maximum Gasteiger partial charge on any atom is 0.580 e. The summed E-state index contributed by atoms with van der Waals surface area (Å²) in [6, 6.07) is -1.69. The van der Waals surface area contributed by atoms with Crippen LogP contribution in [0.3, 0.4) is 0 Å². The first-order chi connectivity index (χ1) is 10.6. The Labute approximate surface area is 158 Å². The molecule has 0 saturated carbocycles. The van der Waals surface area contributed by atoms with Gasteiger partial charge in [0.15, 0.2) is 0 Å². The van der Waals surface area contributed by atoms with Crippen molar-refractivity contribution in [1.82, 2.24) is 7.88 Å². The van der Waals surface area contributed by atoms with Crippen LogP contribution in [0.25, 0.3) is 0 Å². The molecule has 0 fully saturated rings. The molecular formula is C12H21BCl4N2O4. The van der Waals surface area contributed by atoms with Crippen molar-refractivity contribution >= 4 is 66.7 Å². The van der Waals surface area contributed by atoms with Gasteiger partial charge < -0.3 is 9.31 Å². The summed E-state index contributed by atoms with van der Waals surface area (Å²) >= 11 is 22.5. The largest absolute Gasteiger partial charge is 0.580 e. The van der Waals surface area contributed by atoms with Crippen molar-refractivity contribution in [3.63, 3.8) is 0 Å². The summed E-state index contributed by atoms with van der Waals surface area (Å²) in [6.07, 6.45) is 0.791. The normalized spacial score (nSPS) is 14.3. The van der Waals surface area contributed by atoms with Crippen LogP contribution in [0.1, 0.15) is 40.5 Å². The molecule has 0 N–H and O–H groups in total. The highest BCUT2D eigenvalue weighted by molar-refractivity contribution is 6.36. The van der Waals surface area contributed by atoms with Gasteiger partial charge in [-0.05, 0) is 71.8 Å². The first-order valence-corrected chi connectivity index (χ1v) is 8.46. The van der Waals surface area contributed by atoms with E-state index in [1.807, 2.05) is 27.7 Å². The monoisotopic (exact) mass is 408 g/mol. The van der Waals surface area contributed by atoms with E-state index in [-0.39, 0.29) is 11.8 Å². The Bertz CT molecular complexity index is 352. The summed E-state index contributed by atoms with van der Waals surface area (Å²) in [6.45, 7) is 7.63. The fourth-order valence-electron chi connectivity index (χ4n) is 1.74. The second kappa shape index (κ2) is 11.6. The zero-order chi connectivity index (χ0) is 18.2. The highest BCUT2D eigenvalue weighted by Crippen LogP contribution is 2.19. The van der Waals surface area contributed by atoms with Crippen LogP contribution in [0.5, 0.6) is 0 Å². The molecule has 0 aromatic carbocycles.